The molecule has 0 bridgehead atoms. The number of hydrogen-bond acceptors (Lipinski definition) is 1. The van der Waals surface area contributed by atoms with E-state index in [-0.39, 0.29) is 0 Å². The zero-order valence-corrected chi connectivity index (χ0v) is 17.8. The summed E-state index contributed by atoms with van der Waals surface area (Å²) < 4.78 is 2.21. The molecule has 0 fully saturated rings. The largest absolute Gasteiger partial charge is 0.350 e. The van der Waals surface area contributed by atoms with Gasteiger partial charge < -0.3 is 10.3 Å². The first-order chi connectivity index (χ1) is 13.4. The van der Waals surface area contributed by atoms with Gasteiger partial charge in [-0.05, 0) is 66.1 Å². The molecule has 2 heteroatoms. The number of aromatic nitrogens is 1. The summed E-state index contributed by atoms with van der Waals surface area (Å²) in [6.45, 7) is 13.6. The lowest BCUT2D eigenvalue weighted by Crippen LogP contribution is -2.08. The van der Waals surface area contributed by atoms with Crippen LogP contribution in [0.4, 0.5) is 0 Å². The summed E-state index contributed by atoms with van der Waals surface area (Å²) in [6.07, 6.45) is 3.27. The normalized spacial score (nSPS) is 12.2. The van der Waals surface area contributed by atoms with Gasteiger partial charge in [-0.2, -0.15) is 0 Å². The molecule has 0 saturated carbocycles. The smallest absolute Gasteiger partial charge is 0.0514 e. The standard InChI is InChI=1S/C26H32N2/c1-7-20-9-8-18(4)23(14-20)25-24(16-28(6)26(25)17(2)3)22-12-10-21(11-13-22)19(5)15-27/h8-14,16,19H,2,7,15,27H2,1,3-6H3/t19-/m0/s1. The molecule has 0 unspecified atom stereocenters. The molecular formula is C26H32N2. The van der Waals surface area contributed by atoms with Crippen molar-refractivity contribution >= 4 is 5.57 Å². The molecule has 3 aromatic rings. The number of nitrogens with two attached hydrogens (primary N) is 1. The highest BCUT2D eigenvalue weighted by Gasteiger charge is 2.19. The average molecular weight is 373 g/mol. The molecule has 1 atom stereocenters. The second-order valence-corrected chi connectivity index (χ2v) is 7.92. The van der Waals surface area contributed by atoms with Crippen molar-refractivity contribution in [2.75, 3.05) is 6.54 Å². The van der Waals surface area contributed by atoms with Crippen molar-refractivity contribution in [2.45, 2.75) is 40.0 Å². The van der Waals surface area contributed by atoms with E-state index in [1.807, 2.05) is 0 Å². The van der Waals surface area contributed by atoms with Crippen molar-refractivity contribution < 1.29 is 0 Å². The molecular weight excluding hydrogens is 340 g/mol. The SMILES string of the molecule is C=C(C)c1c(-c2cc(CC)ccc2C)c(-c2ccc([C@@H](C)CN)cc2)cn1C. The zero-order valence-electron chi connectivity index (χ0n) is 17.8. The van der Waals surface area contributed by atoms with Crippen LogP contribution in [0.2, 0.25) is 0 Å². The van der Waals surface area contributed by atoms with Gasteiger partial charge in [-0.1, -0.05) is 62.9 Å². The lowest BCUT2D eigenvalue weighted by Gasteiger charge is -2.14. The van der Waals surface area contributed by atoms with Crippen molar-refractivity contribution in [1.29, 1.82) is 0 Å². The van der Waals surface area contributed by atoms with Gasteiger partial charge in [-0.3, -0.25) is 0 Å². The zero-order chi connectivity index (χ0) is 20.4. The minimum atomic E-state index is 0.374. The van der Waals surface area contributed by atoms with E-state index in [2.05, 4.69) is 94.6 Å². The maximum Gasteiger partial charge on any atom is 0.0514 e. The van der Waals surface area contributed by atoms with Crippen LogP contribution in [0.3, 0.4) is 0 Å². The van der Waals surface area contributed by atoms with Crippen molar-refractivity contribution in [2.24, 2.45) is 12.8 Å². The van der Waals surface area contributed by atoms with E-state index < -0.39 is 0 Å². The molecule has 3 rings (SSSR count). The van der Waals surface area contributed by atoms with Crippen LogP contribution in [0.5, 0.6) is 0 Å². The third kappa shape index (κ3) is 3.70. The summed E-state index contributed by atoms with van der Waals surface area (Å²) in [5.74, 6) is 0.374. The average Bonchev–Trinajstić information content (AvgIpc) is 3.05. The van der Waals surface area contributed by atoms with Gasteiger partial charge >= 0.3 is 0 Å². The van der Waals surface area contributed by atoms with Crippen molar-refractivity contribution in [3.05, 3.63) is 77.6 Å². The number of hydrogen-bond donors (Lipinski definition) is 1. The molecule has 0 spiro atoms. The Morgan fingerprint density at radius 1 is 1.11 bits per heavy atom. The molecule has 0 amide bonds. The van der Waals surface area contributed by atoms with Crippen LogP contribution in [-0.4, -0.2) is 11.1 Å². The quantitative estimate of drug-likeness (QED) is 0.539. The van der Waals surface area contributed by atoms with Gasteiger partial charge in [0.05, 0.1) is 5.69 Å². The van der Waals surface area contributed by atoms with Gasteiger partial charge in [0.25, 0.3) is 0 Å². The highest BCUT2D eigenvalue weighted by Crippen LogP contribution is 2.41. The fourth-order valence-electron chi connectivity index (χ4n) is 3.92. The summed E-state index contributed by atoms with van der Waals surface area (Å²) in [5.41, 5.74) is 17.1. The molecule has 146 valence electrons. The number of rotatable bonds is 6. The summed E-state index contributed by atoms with van der Waals surface area (Å²) in [4.78, 5) is 0. The molecule has 0 saturated heterocycles. The van der Waals surface area contributed by atoms with Gasteiger partial charge in [-0.25, -0.2) is 0 Å². The van der Waals surface area contributed by atoms with Crippen LogP contribution in [0, 0.1) is 6.92 Å². The molecule has 0 radical (unpaired) electrons. The predicted octanol–water partition coefficient (Wildman–Crippen LogP) is 6.33. The van der Waals surface area contributed by atoms with E-state index in [1.165, 1.54) is 44.6 Å². The van der Waals surface area contributed by atoms with Gasteiger partial charge in [0.1, 0.15) is 0 Å². The molecule has 2 N–H and O–H groups in total. The number of aryl methyl sites for hydroxylation is 3. The number of allylic oxidation sites excluding steroid dienone is 1. The van der Waals surface area contributed by atoms with Crippen LogP contribution in [0.1, 0.15) is 49.1 Å². The molecule has 0 aliphatic carbocycles. The Balaban J connectivity index is 2.24. The molecule has 1 aromatic heterocycles. The summed E-state index contributed by atoms with van der Waals surface area (Å²) in [6, 6.07) is 15.7. The predicted molar refractivity (Wildman–Crippen MR) is 123 cm³/mol. The second kappa shape index (κ2) is 8.20. The molecule has 1 heterocycles. The maximum absolute atomic E-state index is 5.84. The highest BCUT2D eigenvalue weighted by atomic mass is 14.9. The molecule has 28 heavy (non-hydrogen) atoms. The molecule has 2 aromatic carbocycles. The topological polar surface area (TPSA) is 30.9 Å². The van der Waals surface area contributed by atoms with Gasteiger partial charge in [0.15, 0.2) is 0 Å². The van der Waals surface area contributed by atoms with E-state index in [1.54, 1.807) is 0 Å². The first kappa shape index (κ1) is 20.2. The first-order valence-corrected chi connectivity index (χ1v) is 10.1. The molecule has 0 aliphatic rings. The number of benzene rings is 2. The lowest BCUT2D eigenvalue weighted by molar-refractivity contribution is 0.774. The van der Waals surface area contributed by atoms with Crippen molar-refractivity contribution in [3.63, 3.8) is 0 Å². The summed E-state index contributed by atoms with van der Waals surface area (Å²) in [5, 5.41) is 0. The van der Waals surface area contributed by atoms with Gasteiger partial charge in [-0.15, -0.1) is 0 Å². The third-order valence-corrected chi connectivity index (χ3v) is 5.71. The van der Waals surface area contributed by atoms with E-state index >= 15 is 0 Å². The van der Waals surface area contributed by atoms with E-state index in [9.17, 15) is 0 Å². The van der Waals surface area contributed by atoms with E-state index in [0.29, 0.717) is 12.5 Å². The lowest BCUT2D eigenvalue weighted by atomic mass is 9.90. The fraction of sp³-hybridized carbons (Fsp3) is 0.308. The van der Waals surface area contributed by atoms with Crippen LogP contribution in [0.25, 0.3) is 27.8 Å². The van der Waals surface area contributed by atoms with Crippen LogP contribution in [-0.2, 0) is 13.5 Å². The summed E-state index contributed by atoms with van der Waals surface area (Å²) in [7, 11) is 2.11. The second-order valence-electron chi connectivity index (χ2n) is 7.92. The Labute approximate surface area is 169 Å². The molecule has 0 aliphatic heterocycles. The maximum atomic E-state index is 5.84. The van der Waals surface area contributed by atoms with Gasteiger partial charge in [0, 0.05) is 24.4 Å². The highest BCUT2D eigenvalue weighted by molar-refractivity contribution is 5.92. The van der Waals surface area contributed by atoms with Crippen molar-refractivity contribution in [3.8, 4) is 22.3 Å². The minimum absolute atomic E-state index is 0.374. The Bertz CT molecular complexity index is 990. The van der Waals surface area contributed by atoms with Crippen LogP contribution >= 0.6 is 0 Å². The van der Waals surface area contributed by atoms with Crippen molar-refractivity contribution in [1.82, 2.24) is 4.57 Å². The Kier molecular flexibility index (Phi) is 5.90. The van der Waals surface area contributed by atoms with Crippen LogP contribution in [0.15, 0.2) is 55.2 Å². The first-order valence-electron chi connectivity index (χ1n) is 10.1. The van der Waals surface area contributed by atoms with E-state index in [0.717, 1.165) is 12.0 Å². The monoisotopic (exact) mass is 372 g/mol. The van der Waals surface area contributed by atoms with Gasteiger partial charge in [0.2, 0.25) is 0 Å². The Morgan fingerprint density at radius 2 is 1.79 bits per heavy atom. The third-order valence-electron chi connectivity index (χ3n) is 5.71. The number of nitrogens with zero attached hydrogens (tertiary/aromatic N) is 1. The Morgan fingerprint density at radius 3 is 2.36 bits per heavy atom. The van der Waals surface area contributed by atoms with Crippen LogP contribution < -0.4 is 5.73 Å². The van der Waals surface area contributed by atoms with E-state index in [4.69, 9.17) is 5.73 Å². The molecule has 2 nitrogen and oxygen atoms in total. The summed E-state index contributed by atoms with van der Waals surface area (Å²) >= 11 is 0. The fourth-order valence-corrected chi connectivity index (χ4v) is 3.92. The Hall–Kier alpha value is -2.58. The minimum Gasteiger partial charge on any atom is -0.350 e.